The first-order valence-electron chi connectivity index (χ1n) is 4.57. The van der Waals surface area contributed by atoms with Gasteiger partial charge in [0.15, 0.2) is 0 Å². The minimum atomic E-state index is -0.276. The Kier molecular flexibility index (Phi) is 3.56. The van der Waals surface area contributed by atoms with Crippen LogP contribution in [0.4, 0.5) is 4.39 Å². The summed E-state index contributed by atoms with van der Waals surface area (Å²) in [6, 6.07) is 4.72. The van der Waals surface area contributed by atoms with Gasteiger partial charge in [0.1, 0.15) is 5.82 Å². The number of rotatable bonds is 3. The minimum absolute atomic E-state index is 0.276. The molecule has 0 spiro atoms. The first kappa shape index (κ1) is 11.5. The van der Waals surface area contributed by atoms with E-state index in [-0.39, 0.29) is 5.82 Å². The van der Waals surface area contributed by atoms with Gasteiger partial charge in [-0.1, -0.05) is 21.1 Å². The van der Waals surface area contributed by atoms with Crippen LogP contribution < -0.4 is 0 Å². The second-order valence-corrected chi connectivity index (χ2v) is 4.50. The Morgan fingerprint density at radius 2 is 2.19 bits per heavy atom. The molecule has 84 valence electrons. The van der Waals surface area contributed by atoms with Crippen molar-refractivity contribution < 1.29 is 4.39 Å². The molecule has 1 aromatic heterocycles. The Labute approximate surface area is 105 Å². The molecule has 0 unspecified atom stereocenters. The van der Waals surface area contributed by atoms with Crippen molar-refractivity contribution in [1.29, 1.82) is 0 Å². The predicted octanol–water partition coefficient (Wildman–Crippen LogP) is 2.97. The van der Waals surface area contributed by atoms with Crippen molar-refractivity contribution >= 4 is 27.5 Å². The lowest BCUT2D eigenvalue weighted by molar-refractivity contribution is 0.613. The first-order chi connectivity index (χ1) is 7.67. The van der Waals surface area contributed by atoms with Crippen molar-refractivity contribution in [2.75, 3.05) is 0 Å². The Morgan fingerprint density at radius 3 is 2.81 bits per heavy atom. The monoisotopic (exact) mass is 303 g/mol. The van der Waals surface area contributed by atoms with E-state index in [9.17, 15) is 4.39 Å². The fraction of sp³-hybridized carbons (Fsp3) is 0.200. The number of aromatic nitrogens is 3. The van der Waals surface area contributed by atoms with Gasteiger partial charge < -0.3 is 0 Å². The fourth-order valence-electron chi connectivity index (χ4n) is 1.37. The van der Waals surface area contributed by atoms with Crippen molar-refractivity contribution in [2.24, 2.45) is 0 Å². The van der Waals surface area contributed by atoms with Crippen LogP contribution in [0, 0.1) is 5.82 Å². The van der Waals surface area contributed by atoms with Crippen LogP contribution in [-0.4, -0.2) is 15.0 Å². The molecule has 0 aliphatic rings. The summed E-state index contributed by atoms with van der Waals surface area (Å²) < 4.78 is 15.4. The molecule has 16 heavy (non-hydrogen) atoms. The van der Waals surface area contributed by atoms with E-state index in [2.05, 4.69) is 26.2 Å². The average molecular weight is 305 g/mol. The molecule has 2 aromatic rings. The molecule has 0 aliphatic heterocycles. The van der Waals surface area contributed by atoms with Crippen LogP contribution in [0.15, 0.2) is 28.9 Å². The Balaban J connectivity index is 2.19. The number of halogens is 3. The van der Waals surface area contributed by atoms with Crippen molar-refractivity contribution in [3.05, 3.63) is 45.9 Å². The lowest BCUT2D eigenvalue weighted by atomic mass is 10.2. The van der Waals surface area contributed by atoms with Gasteiger partial charge in [-0.25, -0.2) is 9.07 Å². The maximum atomic E-state index is 13.1. The highest BCUT2D eigenvalue weighted by molar-refractivity contribution is 9.10. The standard InChI is InChI=1S/C10H8BrClFN3/c11-8-1-7(2-9(13)3-8)5-16-6-10(4-12)14-15-16/h1-3,6H,4-5H2. The number of hydrogen-bond acceptors (Lipinski definition) is 2. The third kappa shape index (κ3) is 2.80. The molecule has 0 aliphatic carbocycles. The van der Waals surface area contributed by atoms with E-state index in [0.29, 0.717) is 22.6 Å². The topological polar surface area (TPSA) is 30.7 Å². The van der Waals surface area contributed by atoms with Gasteiger partial charge in [-0.3, -0.25) is 0 Å². The van der Waals surface area contributed by atoms with E-state index in [1.54, 1.807) is 10.9 Å². The van der Waals surface area contributed by atoms with E-state index in [1.165, 1.54) is 12.1 Å². The van der Waals surface area contributed by atoms with Gasteiger partial charge in [0.2, 0.25) is 0 Å². The van der Waals surface area contributed by atoms with Crippen LogP contribution in [0.5, 0.6) is 0 Å². The molecule has 0 saturated heterocycles. The maximum Gasteiger partial charge on any atom is 0.124 e. The quantitative estimate of drug-likeness (QED) is 0.816. The number of nitrogens with zero attached hydrogens (tertiary/aromatic N) is 3. The van der Waals surface area contributed by atoms with Crippen LogP contribution in [0.3, 0.4) is 0 Å². The van der Waals surface area contributed by atoms with Gasteiger partial charge in [-0.05, 0) is 23.8 Å². The molecule has 0 N–H and O–H groups in total. The molecule has 1 heterocycles. The summed E-state index contributed by atoms with van der Waals surface area (Å²) in [6.45, 7) is 0.472. The van der Waals surface area contributed by atoms with Gasteiger partial charge in [0.05, 0.1) is 24.3 Å². The highest BCUT2D eigenvalue weighted by Gasteiger charge is 2.03. The first-order valence-corrected chi connectivity index (χ1v) is 5.90. The largest absolute Gasteiger partial charge is 0.248 e. The minimum Gasteiger partial charge on any atom is -0.248 e. The second-order valence-electron chi connectivity index (χ2n) is 3.32. The normalized spacial score (nSPS) is 10.7. The molecule has 3 nitrogen and oxygen atoms in total. The fourth-order valence-corrected chi connectivity index (χ4v) is 2.00. The summed E-state index contributed by atoms with van der Waals surface area (Å²) in [6.07, 6.45) is 1.74. The van der Waals surface area contributed by atoms with Crippen LogP contribution in [-0.2, 0) is 12.4 Å². The summed E-state index contributed by atoms with van der Waals surface area (Å²) in [5.41, 5.74) is 1.52. The van der Waals surface area contributed by atoms with Gasteiger partial charge in [0.25, 0.3) is 0 Å². The highest BCUT2D eigenvalue weighted by atomic mass is 79.9. The summed E-state index contributed by atoms with van der Waals surface area (Å²) in [7, 11) is 0. The van der Waals surface area contributed by atoms with E-state index in [1.807, 2.05) is 6.07 Å². The van der Waals surface area contributed by atoms with Gasteiger partial charge in [-0.2, -0.15) is 0 Å². The summed E-state index contributed by atoms with van der Waals surface area (Å²) in [5.74, 6) is 0.0504. The average Bonchev–Trinajstić information content (AvgIpc) is 2.64. The SMILES string of the molecule is Fc1cc(Br)cc(Cn2cc(CCl)nn2)c1. The number of hydrogen-bond donors (Lipinski definition) is 0. The van der Waals surface area contributed by atoms with Crippen molar-refractivity contribution in [2.45, 2.75) is 12.4 Å². The molecule has 1 aromatic carbocycles. The molecule has 6 heteroatoms. The van der Waals surface area contributed by atoms with E-state index in [0.717, 1.165) is 5.56 Å². The maximum absolute atomic E-state index is 13.1. The second kappa shape index (κ2) is 4.93. The van der Waals surface area contributed by atoms with Crippen LogP contribution in [0.2, 0.25) is 0 Å². The van der Waals surface area contributed by atoms with Gasteiger partial charge in [-0.15, -0.1) is 16.7 Å². The number of alkyl halides is 1. The Hall–Kier alpha value is -0.940. The zero-order valence-electron chi connectivity index (χ0n) is 8.20. The number of benzene rings is 1. The molecule has 0 amide bonds. The summed E-state index contributed by atoms with van der Waals surface area (Å²) >= 11 is 8.85. The smallest absolute Gasteiger partial charge is 0.124 e. The summed E-state index contributed by atoms with van der Waals surface area (Å²) in [5, 5.41) is 7.74. The predicted molar refractivity (Wildman–Crippen MR) is 62.8 cm³/mol. The molecule has 0 atom stereocenters. The Morgan fingerprint density at radius 1 is 1.38 bits per heavy atom. The molecule has 0 bridgehead atoms. The molecule has 2 rings (SSSR count). The van der Waals surface area contributed by atoms with E-state index < -0.39 is 0 Å². The van der Waals surface area contributed by atoms with E-state index in [4.69, 9.17) is 11.6 Å². The lowest BCUT2D eigenvalue weighted by Crippen LogP contribution is -2.00. The molecular weight excluding hydrogens is 296 g/mol. The lowest BCUT2D eigenvalue weighted by Gasteiger charge is -2.02. The van der Waals surface area contributed by atoms with Crippen LogP contribution in [0.25, 0.3) is 0 Å². The molecular formula is C10H8BrClFN3. The third-order valence-corrected chi connectivity index (χ3v) is 2.72. The van der Waals surface area contributed by atoms with Gasteiger partial charge >= 0.3 is 0 Å². The summed E-state index contributed by atoms with van der Waals surface area (Å²) in [4.78, 5) is 0. The molecule has 0 fully saturated rings. The van der Waals surface area contributed by atoms with Gasteiger partial charge in [0, 0.05) is 4.47 Å². The van der Waals surface area contributed by atoms with Crippen molar-refractivity contribution in [3.8, 4) is 0 Å². The highest BCUT2D eigenvalue weighted by Crippen LogP contribution is 2.15. The zero-order chi connectivity index (χ0) is 11.5. The molecule has 0 radical (unpaired) electrons. The third-order valence-electron chi connectivity index (χ3n) is 1.99. The van der Waals surface area contributed by atoms with E-state index >= 15 is 0 Å². The zero-order valence-corrected chi connectivity index (χ0v) is 10.5. The Bertz CT molecular complexity index is 480. The molecule has 0 saturated carbocycles. The van der Waals surface area contributed by atoms with Crippen LogP contribution in [0.1, 0.15) is 11.3 Å². The van der Waals surface area contributed by atoms with Crippen molar-refractivity contribution in [1.82, 2.24) is 15.0 Å². The van der Waals surface area contributed by atoms with Crippen molar-refractivity contribution in [3.63, 3.8) is 0 Å². The van der Waals surface area contributed by atoms with Crippen LogP contribution >= 0.6 is 27.5 Å².